The maximum absolute atomic E-state index is 15.3. The smallest absolute Gasteiger partial charge is 0.259 e. The molecular formula is C29H30ClFN6O2. The van der Waals surface area contributed by atoms with Gasteiger partial charge in [0.2, 0.25) is 0 Å². The van der Waals surface area contributed by atoms with Crippen LogP contribution in [-0.4, -0.2) is 70.5 Å². The van der Waals surface area contributed by atoms with Crippen LogP contribution in [0.2, 0.25) is 5.02 Å². The molecule has 4 aromatic rings. The highest BCUT2D eigenvalue weighted by molar-refractivity contribution is 6.34. The molecule has 39 heavy (non-hydrogen) atoms. The zero-order valence-corrected chi connectivity index (χ0v) is 22.9. The highest BCUT2D eigenvalue weighted by atomic mass is 35.5. The van der Waals surface area contributed by atoms with Gasteiger partial charge in [0, 0.05) is 62.4 Å². The van der Waals surface area contributed by atoms with E-state index in [9.17, 15) is 4.79 Å². The SMILES string of the molecule is CCN1CCN(Cc2ccc(NC(=O)c3ccc(-c4c(F)c(OC)cc(C)c4Cl)c4nccnc34)nc2)CC1. The number of carbonyl (C=O) groups excluding carboxylic acids is 1. The van der Waals surface area contributed by atoms with Crippen LogP contribution in [0.3, 0.4) is 0 Å². The molecule has 1 amide bonds. The lowest BCUT2D eigenvalue weighted by atomic mass is 9.98. The lowest BCUT2D eigenvalue weighted by Gasteiger charge is -2.33. The Morgan fingerprint density at radius 3 is 2.44 bits per heavy atom. The fraction of sp³-hybridized carbons (Fsp3) is 0.310. The second-order valence-corrected chi connectivity index (χ2v) is 9.91. The number of piperazine rings is 1. The van der Waals surface area contributed by atoms with Crippen molar-refractivity contribution in [1.29, 1.82) is 0 Å². The van der Waals surface area contributed by atoms with E-state index in [0.717, 1.165) is 44.8 Å². The van der Waals surface area contributed by atoms with Crippen LogP contribution in [0.1, 0.15) is 28.4 Å². The van der Waals surface area contributed by atoms with Crippen LogP contribution >= 0.6 is 11.6 Å². The molecule has 1 aliphatic heterocycles. The number of anilines is 1. The number of halogens is 2. The van der Waals surface area contributed by atoms with Crippen molar-refractivity contribution in [1.82, 2.24) is 24.8 Å². The zero-order valence-electron chi connectivity index (χ0n) is 22.2. The van der Waals surface area contributed by atoms with E-state index in [2.05, 4.69) is 37.0 Å². The minimum atomic E-state index is -0.603. The summed E-state index contributed by atoms with van der Waals surface area (Å²) in [5.41, 5.74) is 3.28. The van der Waals surface area contributed by atoms with Gasteiger partial charge in [-0.05, 0) is 42.8 Å². The van der Waals surface area contributed by atoms with Crippen molar-refractivity contribution in [3.05, 3.63) is 76.5 Å². The molecule has 3 heterocycles. The number of ether oxygens (including phenoxy) is 1. The molecule has 5 rings (SSSR count). The summed E-state index contributed by atoms with van der Waals surface area (Å²) in [5.74, 6) is -0.494. The molecule has 2 aromatic carbocycles. The van der Waals surface area contributed by atoms with Crippen LogP contribution in [0.15, 0.2) is 48.9 Å². The van der Waals surface area contributed by atoms with Crippen molar-refractivity contribution in [3.63, 3.8) is 0 Å². The van der Waals surface area contributed by atoms with Gasteiger partial charge in [0.1, 0.15) is 11.3 Å². The van der Waals surface area contributed by atoms with Crippen molar-refractivity contribution in [2.24, 2.45) is 0 Å². The van der Waals surface area contributed by atoms with Crippen LogP contribution in [0, 0.1) is 12.7 Å². The lowest BCUT2D eigenvalue weighted by molar-refractivity contribution is 0.102. The van der Waals surface area contributed by atoms with E-state index in [1.165, 1.54) is 19.5 Å². The molecule has 0 atom stereocenters. The first kappa shape index (κ1) is 26.9. The molecule has 0 radical (unpaired) electrons. The fourth-order valence-electron chi connectivity index (χ4n) is 4.86. The van der Waals surface area contributed by atoms with Crippen molar-refractivity contribution in [2.75, 3.05) is 45.2 Å². The minimum absolute atomic E-state index is 0.0727. The van der Waals surface area contributed by atoms with Crippen LogP contribution in [0.25, 0.3) is 22.2 Å². The Kier molecular flexibility index (Phi) is 8.02. The second-order valence-electron chi connectivity index (χ2n) is 9.53. The topological polar surface area (TPSA) is 83.5 Å². The molecule has 8 nitrogen and oxygen atoms in total. The first-order valence-corrected chi connectivity index (χ1v) is 13.2. The number of carbonyl (C=O) groups is 1. The van der Waals surface area contributed by atoms with Gasteiger partial charge in [0.15, 0.2) is 11.6 Å². The first-order valence-electron chi connectivity index (χ1n) is 12.9. The summed E-state index contributed by atoms with van der Waals surface area (Å²) in [5, 5.41) is 3.09. The number of nitrogens with zero attached hydrogens (tertiary/aromatic N) is 5. The maximum atomic E-state index is 15.3. The number of aryl methyl sites for hydroxylation is 1. The molecule has 10 heteroatoms. The van der Waals surface area contributed by atoms with Crippen molar-refractivity contribution < 1.29 is 13.9 Å². The summed E-state index contributed by atoms with van der Waals surface area (Å²) >= 11 is 6.52. The molecular weight excluding hydrogens is 519 g/mol. The van der Waals surface area contributed by atoms with Crippen molar-refractivity contribution in [2.45, 2.75) is 20.4 Å². The molecule has 202 valence electrons. The van der Waals surface area contributed by atoms with Crippen LogP contribution in [0.4, 0.5) is 10.2 Å². The van der Waals surface area contributed by atoms with Crippen molar-refractivity contribution in [3.8, 4) is 16.9 Å². The van der Waals surface area contributed by atoms with Crippen LogP contribution < -0.4 is 10.1 Å². The zero-order chi connectivity index (χ0) is 27.5. The van der Waals surface area contributed by atoms with Gasteiger partial charge < -0.3 is 15.0 Å². The fourth-order valence-corrected chi connectivity index (χ4v) is 5.10. The molecule has 0 aliphatic carbocycles. The second kappa shape index (κ2) is 11.6. The van der Waals surface area contributed by atoms with Gasteiger partial charge in [-0.15, -0.1) is 0 Å². The summed E-state index contributed by atoms with van der Waals surface area (Å²) in [4.78, 5) is 31.4. The summed E-state index contributed by atoms with van der Waals surface area (Å²) < 4.78 is 20.5. The lowest BCUT2D eigenvalue weighted by Crippen LogP contribution is -2.45. The van der Waals surface area contributed by atoms with Gasteiger partial charge in [-0.1, -0.05) is 30.7 Å². The number of methoxy groups -OCH3 is 1. The van der Waals surface area contributed by atoms with E-state index in [0.29, 0.717) is 28.0 Å². The Morgan fingerprint density at radius 2 is 1.77 bits per heavy atom. The molecule has 0 saturated carbocycles. The maximum Gasteiger partial charge on any atom is 0.259 e. The Morgan fingerprint density at radius 1 is 1.05 bits per heavy atom. The standard InChI is InChI=1S/C29H30ClFN6O2/c1-4-36-11-13-37(14-12-36)17-19-5-8-23(34-16-19)35-29(38)21-7-6-20(27-28(21)33-10-9-32-27)24-25(30)18(2)15-22(39-3)26(24)31/h5-10,15-16H,4,11-14,17H2,1-3H3,(H,34,35,38). The number of fused-ring (bicyclic) bond motifs is 1. The van der Waals surface area contributed by atoms with E-state index < -0.39 is 11.7 Å². The van der Waals surface area contributed by atoms with Gasteiger partial charge in [-0.25, -0.2) is 9.37 Å². The largest absolute Gasteiger partial charge is 0.494 e. The monoisotopic (exact) mass is 548 g/mol. The van der Waals surface area contributed by atoms with Crippen LogP contribution in [0.5, 0.6) is 5.75 Å². The number of amides is 1. The predicted octanol–water partition coefficient (Wildman–Crippen LogP) is 5.19. The Bertz CT molecular complexity index is 1510. The average molecular weight is 549 g/mol. The number of benzene rings is 2. The molecule has 1 fully saturated rings. The third-order valence-corrected chi connectivity index (χ3v) is 7.58. The third kappa shape index (κ3) is 5.56. The van der Waals surface area contributed by atoms with Gasteiger partial charge in [-0.2, -0.15) is 0 Å². The Balaban J connectivity index is 1.38. The molecule has 1 saturated heterocycles. The van der Waals surface area contributed by atoms with E-state index in [1.807, 2.05) is 6.07 Å². The van der Waals surface area contributed by atoms with Gasteiger partial charge in [0.05, 0.1) is 23.2 Å². The molecule has 0 spiro atoms. The highest BCUT2D eigenvalue weighted by Gasteiger charge is 2.23. The number of hydrogen-bond donors (Lipinski definition) is 1. The molecule has 0 bridgehead atoms. The normalized spacial score (nSPS) is 14.5. The van der Waals surface area contributed by atoms with Gasteiger partial charge in [0.25, 0.3) is 5.91 Å². The van der Waals surface area contributed by atoms with Gasteiger partial charge in [-0.3, -0.25) is 19.7 Å². The van der Waals surface area contributed by atoms with E-state index in [1.54, 1.807) is 37.4 Å². The molecule has 1 N–H and O–H groups in total. The summed E-state index contributed by atoms with van der Waals surface area (Å²) in [6.45, 7) is 10.1. The number of likely N-dealkylation sites (N-methyl/N-ethyl adjacent to an activating group) is 1. The first-order chi connectivity index (χ1) is 18.9. The Hall–Kier alpha value is -3.66. The van der Waals surface area contributed by atoms with E-state index in [-0.39, 0.29) is 21.9 Å². The number of aromatic nitrogens is 3. The average Bonchev–Trinajstić information content (AvgIpc) is 2.96. The highest BCUT2D eigenvalue weighted by Crippen LogP contribution is 2.40. The number of rotatable bonds is 7. The molecule has 0 unspecified atom stereocenters. The van der Waals surface area contributed by atoms with E-state index in [4.69, 9.17) is 16.3 Å². The molecule has 2 aromatic heterocycles. The number of pyridine rings is 1. The van der Waals surface area contributed by atoms with Gasteiger partial charge >= 0.3 is 0 Å². The predicted molar refractivity (Wildman–Crippen MR) is 151 cm³/mol. The van der Waals surface area contributed by atoms with Crippen LogP contribution in [-0.2, 0) is 6.54 Å². The number of nitrogens with one attached hydrogen (secondary N) is 1. The third-order valence-electron chi connectivity index (χ3n) is 7.09. The van der Waals surface area contributed by atoms with E-state index >= 15 is 4.39 Å². The summed E-state index contributed by atoms with van der Waals surface area (Å²) in [6, 6.07) is 8.54. The minimum Gasteiger partial charge on any atom is -0.494 e. The molecule has 1 aliphatic rings. The summed E-state index contributed by atoms with van der Waals surface area (Å²) in [7, 11) is 1.40. The summed E-state index contributed by atoms with van der Waals surface area (Å²) in [6.07, 6.45) is 4.78. The quantitative estimate of drug-likeness (QED) is 0.340. The Labute approximate surface area is 231 Å². The van der Waals surface area contributed by atoms with Crippen molar-refractivity contribution >= 4 is 34.4 Å². The number of hydrogen-bond acceptors (Lipinski definition) is 7.